The summed E-state index contributed by atoms with van der Waals surface area (Å²) >= 11 is 0. The lowest BCUT2D eigenvalue weighted by Gasteiger charge is -2.34. The standard InChI is InChI=1S/C16H19FN6O.2C2HF3O2/c1-22(2)15-18-5-11-8-24-10-16(13(11)21-15)3-4-23(9-16)14-19-6-12(17)7-20-14;2*3-2(4,5)1(6)7/h5-7H,3-4,8-10H2,1-2H3;2*(H,6,7). The van der Waals surface area contributed by atoms with E-state index in [1.165, 1.54) is 12.4 Å². The number of carboxylic acids is 2. The van der Waals surface area contributed by atoms with Gasteiger partial charge < -0.3 is 24.7 Å². The van der Waals surface area contributed by atoms with E-state index in [4.69, 9.17) is 29.5 Å². The molecule has 4 rings (SSSR count). The van der Waals surface area contributed by atoms with Gasteiger partial charge in [-0.2, -0.15) is 26.3 Å². The van der Waals surface area contributed by atoms with E-state index in [0.29, 0.717) is 31.7 Å². The Bertz CT molecular complexity index is 1110. The average Bonchev–Trinajstić information content (AvgIpc) is 3.23. The Labute approximate surface area is 209 Å². The second kappa shape index (κ2) is 11.7. The molecule has 2 aliphatic heterocycles. The highest BCUT2D eigenvalue weighted by Crippen LogP contribution is 2.40. The molecule has 1 unspecified atom stereocenters. The van der Waals surface area contributed by atoms with E-state index in [2.05, 4.69) is 19.9 Å². The predicted octanol–water partition coefficient (Wildman–Crippen LogP) is 2.42. The van der Waals surface area contributed by atoms with Crippen LogP contribution >= 0.6 is 0 Å². The number of nitrogens with zero attached hydrogens (tertiary/aromatic N) is 6. The van der Waals surface area contributed by atoms with Crippen molar-refractivity contribution in [3.05, 3.63) is 35.7 Å². The Hall–Kier alpha value is -3.83. The third-order valence-corrected chi connectivity index (χ3v) is 5.12. The van der Waals surface area contributed by atoms with Crippen LogP contribution in [0.2, 0.25) is 0 Å². The molecule has 0 aromatic carbocycles. The molecule has 1 fully saturated rings. The third-order valence-electron chi connectivity index (χ3n) is 5.12. The lowest BCUT2D eigenvalue weighted by atomic mass is 9.80. The molecule has 2 aromatic rings. The molecule has 11 nitrogen and oxygen atoms in total. The maximum absolute atomic E-state index is 13.1. The predicted molar refractivity (Wildman–Crippen MR) is 114 cm³/mol. The number of aromatic nitrogens is 4. The molecule has 2 N–H and O–H groups in total. The highest BCUT2D eigenvalue weighted by atomic mass is 19.4. The van der Waals surface area contributed by atoms with E-state index in [9.17, 15) is 30.7 Å². The summed E-state index contributed by atoms with van der Waals surface area (Å²) in [6.45, 7) is 2.64. The molecule has 1 atom stereocenters. The lowest BCUT2D eigenvalue weighted by Crippen LogP contribution is -2.41. The molecular weight excluding hydrogens is 537 g/mol. The molecule has 210 valence electrons. The van der Waals surface area contributed by atoms with Gasteiger partial charge in [-0.15, -0.1) is 0 Å². The molecule has 4 heterocycles. The first-order chi connectivity index (χ1) is 17.5. The summed E-state index contributed by atoms with van der Waals surface area (Å²) < 4.78 is 82.3. The Morgan fingerprint density at radius 3 is 2.00 bits per heavy atom. The van der Waals surface area contributed by atoms with Gasteiger partial charge in [0.25, 0.3) is 0 Å². The SMILES string of the molecule is CN(C)c1ncc2c(n1)C1(CCN(c3ncc(F)cn3)C1)COC2.O=C(O)C(F)(F)F.O=C(O)C(F)(F)F. The smallest absolute Gasteiger partial charge is 0.475 e. The minimum atomic E-state index is -5.08. The molecule has 0 aliphatic carbocycles. The molecule has 38 heavy (non-hydrogen) atoms. The van der Waals surface area contributed by atoms with Crippen LogP contribution in [-0.4, -0.2) is 88.2 Å². The summed E-state index contributed by atoms with van der Waals surface area (Å²) in [6.07, 6.45) is -5.02. The molecule has 2 aliphatic rings. The summed E-state index contributed by atoms with van der Waals surface area (Å²) in [5, 5.41) is 14.2. The summed E-state index contributed by atoms with van der Waals surface area (Å²) in [5.41, 5.74) is 1.89. The number of anilines is 2. The van der Waals surface area contributed by atoms with E-state index in [1.54, 1.807) is 0 Å². The number of fused-ring (bicyclic) bond motifs is 2. The molecule has 2 aromatic heterocycles. The maximum atomic E-state index is 13.1. The number of ether oxygens (including phenoxy) is 1. The van der Waals surface area contributed by atoms with Gasteiger partial charge in [-0.25, -0.2) is 33.9 Å². The minimum absolute atomic E-state index is 0.195. The quantitative estimate of drug-likeness (QED) is 0.525. The highest BCUT2D eigenvalue weighted by molar-refractivity contribution is 5.73. The fourth-order valence-electron chi connectivity index (χ4n) is 3.43. The van der Waals surface area contributed by atoms with Gasteiger partial charge in [-0.05, 0) is 6.42 Å². The number of hydrogen-bond acceptors (Lipinski definition) is 9. The first-order valence-electron chi connectivity index (χ1n) is 10.4. The van der Waals surface area contributed by atoms with Gasteiger partial charge in [0.2, 0.25) is 11.9 Å². The van der Waals surface area contributed by atoms with Gasteiger partial charge in [-0.1, -0.05) is 0 Å². The van der Waals surface area contributed by atoms with Crippen molar-refractivity contribution >= 4 is 23.8 Å². The zero-order valence-corrected chi connectivity index (χ0v) is 19.7. The topological polar surface area (TPSA) is 142 Å². The fourth-order valence-corrected chi connectivity index (χ4v) is 3.43. The molecule has 0 bridgehead atoms. The van der Waals surface area contributed by atoms with Crippen molar-refractivity contribution in [1.82, 2.24) is 19.9 Å². The molecule has 1 saturated heterocycles. The van der Waals surface area contributed by atoms with Crippen molar-refractivity contribution < 1.29 is 55.3 Å². The van der Waals surface area contributed by atoms with E-state index in [1.807, 2.05) is 25.2 Å². The molecule has 0 amide bonds. The summed E-state index contributed by atoms with van der Waals surface area (Å²) in [5.74, 6) is -4.70. The Morgan fingerprint density at radius 2 is 1.53 bits per heavy atom. The van der Waals surface area contributed by atoms with E-state index in [-0.39, 0.29) is 5.41 Å². The molecule has 1 spiro atoms. The number of aliphatic carboxylic acids is 2. The summed E-state index contributed by atoms with van der Waals surface area (Å²) in [6, 6.07) is 0. The zero-order valence-electron chi connectivity index (χ0n) is 19.7. The monoisotopic (exact) mass is 558 g/mol. The van der Waals surface area contributed by atoms with Gasteiger partial charge in [-0.3, -0.25) is 0 Å². The second-order valence-electron chi connectivity index (χ2n) is 8.19. The molecular formula is C20H21F7N6O5. The number of carboxylic acid groups (broad SMARTS) is 2. The van der Waals surface area contributed by atoms with Crippen LogP contribution in [0.15, 0.2) is 18.6 Å². The summed E-state index contributed by atoms with van der Waals surface area (Å²) in [4.78, 5) is 39.1. The summed E-state index contributed by atoms with van der Waals surface area (Å²) in [7, 11) is 3.86. The van der Waals surface area contributed by atoms with Crippen LogP contribution in [0.25, 0.3) is 0 Å². The van der Waals surface area contributed by atoms with E-state index < -0.39 is 30.1 Å². The van der Waals surface area contributed by atoms with Crippen molar-refractivity contribution in [3.63, 3.8) is 0 Å². The van der Waals surface area contributed by atoms with Crippen molar-refractivity contribution in [2.45, 2.75) is 30.8 Å². The Morgan fingerprint density at radius 1 is 1.00 bits per heavy atom. The van der Waals surface area contributed by atoms with Crippen LogP contribution in [-0.2, 0) is 26.3 Å². The van der Waals surface area contributed by atoms with Crippen LogP contribution < -0.4 is 9.80 Å². The van der Waals surface area contributed by atoms with Crippen molar-refractivity contribution in [2.24, 2.45) is 0 Å². The fraction of sp³-hybridized carbons (Fsp3) is 0.500. The van der Waals surface area contributed by atoms with Gasteiger partial charge in [0, 0.05) is 38.9 Å². The number of rotatable bonds is 2. The first-order valence-corrected chi connectivity index (χ1v) is 10.4. The Kier molecular flexibility index (Phi) is 9.36. The molecule has 18 heteroatoms. The van der Waals surface area contributed by atoms with E-state index >= 15 is 0 Å². The van der Waals surface area contributed by atoms with Crippen LogP contribution in [0.4, 0.5) is 42.6 Å². The number of halogens is 7. The average molecular weight is 558 g/mol. The van der Waals surface area contributed by atoms with Crippen LogP contribution in [0.5, 0.6) is 0 Å². The number of hydrogen-bond donors (Lipinski definition) is 2. The van der Waals surface area contributed by atoms with Crippen molar-refractivity contribution in [1.29, 1.82) is 0 Å². The van der Waals surface area contributed by atoms with Gasteiger partial charge in [0.1, 0.15) is 0 Å². The zero-order chi connectivity index (χ0) is 28.9. The van der Waals surface area contributed by atoms with Gasteiger partial charge >= 0.3 is 24.3 Å². The normalized spacial score (nSPS) is 18.5. The van der Waals surface area contributed by atoms with Crippen molar-refractivity contribution in [3.8, 4) is 0 Å². The largest absolute Gasteiger partial charge is 0.490 e. The number of alkyl halides is 6. The molecule has 0 saturated carbocycles. The van der Waals surface area contributed by atoms with Crippen LogP contribution in [0.3, 0.4) is 0 Å². The van der Waals surface area contributed by atoms with Gasteiger partial charge in [0.05, 0.1) is 36.7 Å². The Balaban J connectivity index is 0.000000301. The first kappa shape index (κ1) is 30.4. The third kappa shape index (κ3) is 7.83. The number of carbonyl (C=O) groups is 2. The van der Waals surface area contributed by atoms with Crippen LogP contribution in [0, 0.1) is 5.82 Å². The maximum Gasteiger partial charge on any atom is 0.490 e. The minimum Gasteiger partial charge on any atom is -0.475 e. The second-order valence-corrected chi connectivity index (χ2v) is 8.19. The molecule has 0 radical (unpaired) electrons. The lowest BCUT2D eigenvalue weighted by molar-refractivity contribution is -0.193. The van der Waals surface area contributed by atoms with Gasteiger partial charge in [0.15, 0.2) is 5.82 Å². The van der Waals surface area contributed by atoms with E-state index in [0.717, 1.165) is 24.2 Å². The van der Waals surface area contributed by atoms with Crippen molar-refractivity contribution in [2.75, 3.05) is 43.6 Å². The van der Waals surface area contributed by atoms with Crippen LogP contribution in [0.1, 0.15) is 17.7 Å². The highest BCUT2D eigenvalue weighted by Gasteiger charge is 2.46.